The quantitative estimate of drug-likeness (QED) is 0.847. The predicted molar refractivity (Wildman–Crippen MR) is 94.7 cm³/mol. The van der Waals surface area contributed by atoms with Gasteiger partial charge in [-0.2, -0.15) is 0 Å². The first-order valence-electron chi connectivity index (χ1n) is 8.15. The van der Waals surface area contributed by atoms with Gasteiger partial charge in [-0.15, -0.1) is 6.42 Å². The number of carbonyl (C=O) groups is 1. The molecule has 0 atom stereocenters. The maximum Gasteiger partial charge on any atom is 0.234 e. The summed E-state index contributed by atoms with van der Waals surface area (Å²) in [7, 11) is 0. The fourth-order valence-corrected chi connectivity index (χ4v) is 2.99. The first-order chi connectivity index (χ1) is 11.8. The molecule has 0 bridgehead atoms. The van der Waals surface area contributed by atoms with Crippen LogP contribution in [0.4, 0.5) is 5.82 Å². The van der Waals surface area contributed by atoms with E-state index in [2.05, 4.69) is 37.1 Å². The van der Waals surface area contributed by atoms with E-state index in [1.165, 1.54) is 0 Å². The molecule has 1 aliphatic heterocycles. The Kier molecular flexibility index (Phi) is 5.24. The number of para-hydroxylation sites is 1. The van der Waals surface area contributed by atoms with E-state index in [-0.39, 0.29) is 12.5 Å². The van der Waals surface area contributed by atoms with Gasteiger partial charge in [0.05, 0.1) is 18.6 Å². The van der Waals surface area contributed by atoms with Crippen LogP contribution in [0.2, 0.25) is 0 Å². The zero-order valence-electron chi connectivity index (χ0n) is 13.6. The van der Waals surface area contributed by atoms with Gasteiger partial charge in [0.15, 0.2) is 0 Å². The van der Waals surface area contributed by atoms with Crippen LogP contribution in [0.15, 0.2) is 30.6 Å². The normalized spacial score (nSPS) is 15.7. The second-order valence-corrected chi connectivity index (χ2v) is 5.81. The number of hydrogen-bond acceptors (Lipinski definition) is 5. The first-order valence-corrected chi connectivity index (χ1v) is 8.15. The molecule has 6 heteroatoms. The van der Waals surface area contributed by atoms with Gasteiger partial charge in [-0.1, -0.05) is 18.1 Å². The van der Waals surface area contributed by atoms with Crippen molar-refractivity contribution in [2.24, 2.45) is 0 Å². The molecule has 1 saturated heterocycles. The minimum Gasteiger partial charge on any atom is -0.355 e. The van der Waals surface area contributed by atoms with Crippen molar-refractivity contribution in [3.63, 3.8) is 0 Å². The molecule has 3 rings (SSSR count). The highest BCUT2D eigenvalue weighted by molar-refractivity contribution is 5.89. The Hall–Kier alpha value is -2.65. The highest BCUT2D eigenvalue weighted by atomic mass is 16.2. The van der Waals surface area contributed by atoms with E-state index in [1.807, 2.05) is 18.2 Å². The van der Waals surface area contributed by atoms with E-state index < -0.39 is 0 Å². The summed E-state index contributed by atoms with van der Waals surface area (Å²) < 4.78 is 0. The molecule has 0 spiro atoms. The average Bonchev–Trinajstić information content (AvgIpc) is 2.85. The number of rotatable bonds is 4. The Balaban J connectivity index is 1.67. The molecule has 124 valence electrons. The summed E-state index contributed by atoms with van der Waals surface area (Å²) in [4.78, 5) is 25.1. The van der Waals surface area contributed by atoms with Crippen molar-refractivity contribution in [3.05, 3.63) is 30.6 Å². The molecule has 1 aliphatic rings. The van der Waals surface area contributed by atoms with E-state index >= 15 is 0 Å². The lowest BCUT2D eigenvalue weighted by Gasteiger charge is -2.23. The Morgan fingerprint density at radius 3 is 2.96 bits per heavy atom. The summed E-state index contributed by atoms with van der Waals surface area (Å²) in [6, 6.07) is 8.05. The third kappa shape index (κ3) is 3.81. The lowest BCUT2D eigenvalue weighted by Crippen LogP contribution is -2.39. The highest BCUT2D eigenvalue weighted by Gasteiger charge is 2.19. The van der Waals surface area contributed by atoms with Crippen molar-refractivity contribution < 1.29 is 4.79 Å². The number of amides is 1. The van der Waals surface area contributed by atoms with Crippen LogP contribution in [0.25, 0.3) is 10.9 Å². The van der Waals surface area contributed by atoms with Crippen molar-refractivity contribution in [1.29, 1.82) is 0 Å². The molecule has 1 N–H and O–H groups in total. The smallest absolute Gasteiger partial charge is 0.234 e. The van der Waals surface area contributed by atoms with Crippen LogP contribution in [0.5, 0.6) is 0 Å². The maximum absolute atomic E-state index is 11.8. The second kappa shape index (κ2) is 7.75. The van der Waals surface area contributed by atoms with E-state index in [1.54, 1.807) is 6.33 Å². The highest BCUT2D eigenvalue weighted by Crippen LogP contribution is 2.23. The van der Waals surface area contributed by atoms with Gasteiger partial charge in [0.25, 0.3) is 0 Å². The van der Waals surface area contributed by atoms with Crippen molar-refractivity contribution in [2.45, 2.75) is 6.42 Å². The van der Waals surface area contributed by atoms with Crippen molar-refractivity contribution in [2.75, 3.05) is 44.2 Å². The van der Waals surface area contributed by atoms with Gasteiger partial charge in [-0.25, -0.2) is 9.97 Å². The van der Waals surface area contributed by atoms with E-state index in [9.17, 15) is 4.79 Å². The van der Waals surface area contributed by atoms with Crippen LogP contribution in [-0.4, -0.2) is 60.0 Å². The molecular weight excluding hydrogens is 302 g/mol. The summed E-state index contributed by atoms with van der Waals surface area (Å²) in [5.74, 6) is 3.37. The predicted octanol–water partition coefficient (Wildman–Crippen LogP) is 0.891. The number of anilines is 1. The van der Waals surface area contributed by atoms with Crippen molar-refractivity contribution in [3.8, 4) is 12.3 Å². The van der Waals surface area contributed by atoms with Gasteiger partial charge in [-0.3, -0.25) is 9.69 Å². The van der Waals surface area contributed by atoms with Gasteiger partial charge in [0.1, 0.15) is 12.1 Å². The van der Waals surface area contributed by atoms with E-state index in [0.717, 1.165) is 49.3 Å². The summed E-state index contributed by atoms with van der Waals surface area (Å²) in [5, 5.41) is 3.79. The van der Waals surface area contributed by atoms with Gasteiger partial charge in [0.2, 0.25) is 5.91 Å². The standard InChI is InChI=1S/C18H21N5O/c1-2-8-19-17(24)13-22-9-5-10-23(12-11-22)18-15-6-3-4-7-16(15)20-14-21-18/h1,3-4,6-7,14H,5,8-13H2,(H,19,24). The van der Waals surface area contributed by atoms with Crippen LogP contribution in [0.3, 0.4) is 0 Å². The lowest BCUT2D eigenvalue weighted by molar-refractivity contribution is -0.121. The zero-order valence-corrected chi connectivity index (χ0v) is 13.6. The maximum atomic E-state index is 11.8. The molecule has 24 heavy (non-hydrogen) atoms. The first kappa shape index (κ1) is 16.2. The minimum absolute atomic E-state index is 0.0196. The molecule has 2 heterocycles. The topological polar surface area (TPSA) is 61.4 Å². The molecular formula is C18H21N5O. The van der Waals surface area contributed by atoms with Crippen LogP contribution in [-0.2, 0) is 4.79 Å². The zero-order chi connectivity index (χ0) is 16.8. The Bertz CT molecular complexity index is 749. The summed E-state index contributed by atoms with van der Waals surface area (Å²) in [6.45, 7) is 4.14. The Morgan fingerprint density at radius 1 is 1.21 bits per heavy atom. The third-order valence-electron chi connectivity index (χ3n) is 4.16. The number of fused-ring (bicyclic) bond motifs is 1. The fourth-order valence-electron chi connectivity index (χ4n) is 2.99. The summed E-state index contributed by atoms with van der Waals surface area (Å²) in [5.41, 5.74) is 0.956. The number of hydrogen-bond donors (Lipinski definition) is 1. The van der Waals surface area contributed by atoms with Gasteiger partial charge in [-0.05, 0) is 18.6 Å². The molecule has 1 fully saturated rings. The van der Waals surface area contributed by atoms with Gasteiger partial charge >= 0.3 is 0 Å². The molecule has 0 aliphatic carbocycles. The molecule has 0 unspecified atom stereocenters. The van der Waals surface area contributed by atoms with Crippen molar-refractivity contribution >= 4 is 22.6 Å². The van der Waals surface area contributed by atoms with Crippen LogP contribution in [0.1, 0.15) is 6.42 Å². The SMILES string of the molecule is C#CCNC(=O)CN1CCCN(c2ncnc3ccccc23)CC1. The van der Waals surface area contributed by atoms with Crippen LogP contribution in [0, 0.1) is 12.3 Å². The lowest BCUT2D eigenvalue weighted by atomic mass is 10.2. The molecule has 0 saturated carbocycles. The average molecular weight is 323 g/mol. The summed E-state index contributed by atoms with van der Waals surface area (Å²) >= 11 is 0. The molecule has 1 aromatic carbocycles. The number of nitrogens with one attached hydrogen (secondary N) is 1. The van der Waals surface area contributed by atoms with Crippen LogP contribution >= 0.6 is 0 Å². The van der Waals surface area contributed by atoms with Gasteiger partial charge < -0.3 is 10.2 Å². The van der Waals surface area contributed by atoms with E-state index in [0.29, 0.717) is 6.54 Å². The van der Waals surface area contributed by atoms with Crippen molar-refractivity contribution in [1.82, 2.24) is 20.2 Å². The molecule has 1 amide bonds. The number of benzene rings is 1. The third-order valence-corrected chi connectivity index (χ3v) is 4.16. The Morgan fingerprint density at radius 2 is 2.08 bits per heavy atom. The number of aromatic nitrogens is 2. The summed E-state index contributed by atoms with van der Waals surface area (Å²) in [6.07, 6.45) is 7.77. The number of carbonyl (C=O) groups excluding carboxylic acids is 1. The number of terminal acetylenes is 1. The second-order valence-electron chi connectivity index (χ2n) is 5.81. The fraction of sp³-hybridized carbons (Fsp3) is 0.389. The van der Waals surface area contributed by atoms with Crippen LogP contribution < -0.4 is 10.2 Å². The molecule has 6 nitrogen and oxygen atoms in total. The largest absolute Gasteiger partial charge is 0.355 e. The monoisotopic (exact) mass is 323 g/mol. The molecule has 0 radical (unpaired) electrons. The Labute approximate surface area is 141 Å². The minimum atomic E-state index is -0.0196. The molecule has 2 aromatic rings. The van der Waals surface area contributed by atoms with E-state index in [4.69, 9.17) is 6.42 Å². The van der Waals surface area contributed by atoms with Gasteiger partial charge in [0, 0.05) is 31.6 Å². The number of nitrogens with zero attached hydrogens (tertiary/aromatic N) is 4. The molecule has 1 aromatic heterocycles.